The van der Waals surface area contributed by atoms with Gasteiger partial charge in [-0.25, -0.2) is 0 Å². The van der Waals surface area contributed by atoms with Gasteiger partial charge in [-0.15, -0.1) is 0 Å². The van der Waals surface area contributed by atoms with Crippen LogP contribution in [0, 0.1) is 0 Å². The van der Waals surface area contributed by atoms with E-state index in [1.807, 2.05) is 4.93 Å². The van der Waals surface area contributed by atoms with Crippen molar-refractivity contribution in [3.63, 3.8) is 0 Å². The molecule has 0 rings (SSSR count). The Labute approximate surface area is 36.3 Å². The van der Waals surface area contributed by atoms with Crippen LogP contribution in [0.5, 0.6) is 0 Å². The Morgan fingerprint density at radius 3 is 2.25 bits per heavy atom. The van der Waals surface area contributed by atoms with Crippen LogP contribution >= 0.6 is 0 Å². The summed E-state index contributed by atoms with van der Waals surface area (Å²) in [6.07, 6.45) is 0. The molecule has 0 aliphatic rings. The van der Waals surface area contributed by atoms with Crippen LogP contribution in [0.15, 0.2) is 0 Å². The van der Waals surface area contributed by atoms with Crippen LogP contribution in [0.2, 0.25) is 0 Å². The molecule has 0 aromatic heterocycles. The van der Waals surface area contributed by atoms with Gasteiger partial charge in [-0.3, -0.25) is 0 Å². The summed E-state index contributed by atoms with van der Waals surface area (Å²) in [4.78, 5) is 2.04. The van der Waals surface area contributed by atoms with Crippen molar-refractivity contribution in [3.8, 4) is 0 Å². The van der Waals surface area contributed by atoms with Gasteiger partial charge in [0.2, 0.25) is 0 Å². The number of alkyl halides is 2. The molecule has 0 unspecified atom stereocenters. The molecule has 2 heteroatoms. The number of aliphatic hydroxyl groups is 1. The second kappa shape index (κ2) is 3.69. The van der Waals surface area contributed by atoms with Gasteiger partial charge < -0.3 is 0 Å². The maximum atomic E-state index is 7.92. The molecule has 0 fully saturated rings. The van der Waals surface area contributed by atoms with Crippen LogP contribution < -0.4 is 21.2 Å². The molecule has 0 saturated carbocycles. The molecular formula is C2H6IO-. The zero-order valence-corrected chi connectivity index (χ0v) is 4.69. The van der Waals surface area contributed by atoms with Gasteiger partial charge in [0, 0.05) is 0 Å². The van der Waals surface area contributed by atoms with Crippen molar-refractivity contribution in [1.29, 1.82) is 0 Å². The Hall–Kier alpha value is 0.690. The van der Waals surface area contributed by atoms with E-state index in [-0.39, 0.29) is 21.2 Å². The molecule has 0 amide bonds. The molecule has 0 atom stereocenters. The Balaban J connectivity index is 1.97. The molecule has 1 N–H and O–H groups in total. The van der Waals surface area contributed by atoms with Crippen LogP contribution in [0.4, 0.5) is 0 Å². The monoisotopic (exact) mass is 173 g/mol. The Bertz CT molecular complexity index is 8.00. The Kier molecular flexibility index (Phi) is 4.33. The normalized spacial score (nSPS) is 8.50. The number of rotatable bonds is 1. The van der Waals surface area contributed by atoms with Gasteiger partial charge in [0.1, 0.15) is 0 Å². The molecule has 0 spiro atoms. The summed E-state index contributed by atoms with van der Waals surface area (Å²) in [5.41, 5.74) is 0. The molecule has 0 aromatic rings. The predicted octanol–water partition coefficient (Wildman–Crippen LogP) is -3.34. The van der Waals surface area contributed by atoms with Gasteiger partial charge in [0.05, 0.1) is 0 Å². The van der Waals surface area contributed by atoms with Crippen LogP contribution in [-0.2, 0) is 0 Å². The first-order valence-corrected chi connectivity index (χ1v) is 4.64. The van der Waals surface area contributed by atoms with Crippen molar-refractivity contribution >= 4 is 0 Å². The molecule has 0 radical (unpaired) electrons. The van der Waals surface area contributed by atoms with E-state index in [4.69, 9.17) is 5.11 Å². The molecule has 0 aromatic carbocycles. The molecule has 4 heavy (non-hydrogen) atoms. The molecular weight excluding hydrogens is 167 g/mol. The first kappa shape index (κ1) is 4.69. The number of aliphatic hydroxyl groups excluding tert-OH is 1. The second-order valence-corrected chi connectivity index (χ2v) is 2.59. The third-order valence-corrected chi connectivity index (χ3v) is 0.802. The molecule has 0 aliphatic heterocycles. The first-order valence-electron chi connectivity index (χ1n) is 0.961. The molecule has 0 aliphatic carbocycles. The number of hydrogen-bond acceptors (Lipinski definition) is 1. The minimum atomic E-state index is 0.166. The first-order chi connectivity index (χ1) is 1.91. The van der Waals surface area contributed by atoms with Crippen molar-refractivity contribution in [2.24, 2.45) is 0 Å². The maximum absolute atomic E-state index is 7.92. The predicted molar refractivity (Wildman–Crippen MR) is 13.0 cm³/mol. The van der Waals surface area contributed by atoms with E-state index in [0.29, 0.717) is 4.61 Å². The zero-order valence-electron chi connectivity index (χ0n) is 2.53. The van der Waals surface area contributed by atoms with Crippen molar-refractivity contribution < 1.29 is 26.3 Å². The zero-order chi connectivity index (χ0) is 3.41. The summed E-state index contributed by atoms with van der Waals surface area (Å²) in [5.74, 6) is 0. The fraction of sp³-hybridized carbons (Fsp3) is 1.00. The molecule has 0 bridgehead atoms. The third kappa shape index (κ3) is 2.69. The van der Waals surface area contributed by atoms with Gasteiger partial charge in [0.15, 0.2) is 0 Å². The summed E-state index contributed by atoms with van der Waals surface area (Å²) in [6, 6.07) is 0. The topological polar surface area (TPSA) is 20.2 Å². The average Bonchev–Trinajstić information content (AvgIpc) is 1.37. The van der Waals surface area contributed by atoms with E-state index in [0.717, 1.165) is 0 Å². The summed E-state index contributed by atoms with van der Waals surface area (Å²) >= 11 is 0.166. The quantitative estimate of drug-likeness (QED) is 0.324. The van der Waals surface area contributed by atoms with Gasteiger partial charge >= 0.3 is 35.9 Å². The standard InChI is InChI=1S/C2H6IO/c1-3-2-4/h4H,2H2,1H3/q-1. The van der Waals surface area contributed by atoms with Crippen LogP contribution in [0.25, 0.3) is 0 Å². The van der Waals surface area contributed by atoms with E-state index in [1.54, 1.807) is 0 Å². The van der Waals surface area contributed by atoms with E-state index < -0.39 is 0 Å². The number of hydrogen-bond donors (Lipinski definition) is 1. The van der Waals surface area contributed by atoms with E-state index in [9.17, 15) is 0 Å². The van der Waals surface area contributed by atoms with E-state index in [1.165, 1.54) is 0 Å². The van der Waals surface area contributed by atoms with Crippen LogP contribution in [-0.4, -0.2) is 14.7 Å². The van der Waals surface area contributed by atoms with E-state index >= 15 is 0 Å². The van der Waals surface area contributed by atoms with E-state index in [2.05, 4.69) is 0 Å². The van der Waals surface area contributed by atoms with Crippen LogP contribution in [0.1, 0.15) is 0 Å². The van der Waals surface area contributed by atoms with Gasteiger partial charge in [0.25, 0.3) is 0 Å². The van der Waals surface area contributed by atoms with Crippen molar-refractivity contribution in [2.45, 2.75) is 0 Å². The summed E-state index contributed by atoms with van der Waals surface area (Å²) in [6.45, 7) is 0. The average molecular weight is 173 g/mol. The van der Waals surface area contributed by atoms with Crippen molar-refractivity contribution in [2.75, 3.05) is 9.54 Å². The third-order valence-electron chi connectivity index (χ3n) is 0.120. The van der Waals surface area contributed by atoms with Gasteiger partial charge in [-0.2, -0.15) is 0 Å². The summed E-state index contributed by atoms with van der Waals surface area (Å²) < 4.78 is 0.429. The summed E-state index contributed by atoms with van der Waals surface area (Å²) in [5, 5.41) is 7.92. The fourth-order valence-corrected chi connectivity index (χ4v) is 0. The molecule has 0 heterocycles. The van der Waals surface area contributed by atoms with Gasteiger partial charge in [-0.1, -0.05) is 0 Å². The number of halogens is 1. The van der Waals surface area contributed by atoms with Gasteiger partial charge in [-0.05, 0) is 0 Å². The minimum absolute atomic E-state index is 0.166. The summed E-state index contributed by atoms with van der Waals surface area (Å²) in [7, 11) is 0. The fourth-order valence-electron chi connectivity index (χ4n) is 0. The Morgan fingerprint density at radius 1 is 2.00 bits per heavy atom. The molecule has 28 valence electrons. The van der Waals surface area contributed by atoms with Crippen molar-refractivity contribution in [3.05, 3.63) is 0 Å². The van der Waals surface area contributed by atoms with Crippen molar-refractivity contribution in [1.82, 2.24) is 0 Å². The second-order valence-electron chi connectivity index (χ2n) is 0.387. The van der Waals surface area contributed by atoms with Crippen LogP contribution in [0.3, 0.4) is 0 Å². The Morgan fingerprint density at radius 2 is 2.25 bits per heavy atom. The molecule has 1 nitrogen and oxygen atoms in total. The SMILES string of the molecule is C[I-]CO. The molecule has 0 saturated heterocycles.